The first-order chi connectivity index (χ1) is 12.6. The van der Waals surface area contributed by atoms with Crippen LogP contribution in [-0.2, 0) is 9.59 Å². The third-order valence-electron chi connectivity index (χ3n) is 3.79. The molecular formula is C21H18N2O2S. The van der Waals surface area contributed by atoms with Crippen molar-refractivity contribution in [2.45, 2.75) is 6.04 Å². The maximum Gasteiger partial charge on any atom is 0.244 e. The molecule has 1 aromatic heterocycles. The number of rotatable bonds is 6. The molecule has 0 aliphatic carbocycles. The van der Waals surface area contributed by atoms with E-state index in [0.29, 0.717) is 5.56 Å². The minimum Gasteiger partial charge on any atom is -0.368 e. The fraction of sp³-hybridized carbons (Fsp3) is 0.0476. The van der Waals surface area contributed by atoms with Crippen LogP contribution in [0.4, 0.5) is 0 Å². The molecule has 5 heteroatoms. The van der Waals surface area contributed by atoms with E-state index in [1.165, 1.54) is 6.08 Å². The Morgan fingerprint density at radius 1 is 0.923 bits per heavy atom. The molecule has 1 atom stereocenters. The Hall–Kier alpha value is -3.18. The quantitative estimate of drug-likeness (QED) is 0.655. The summed E-state index contributed by atoms with van der Waals surface area (Å²) in [5, 5.41) is 2.65. The summed E-state index contributed by atoms with van der Waals surface area (Å²) < 4.78 is 0. The fourth-order valence-electron chi connectivity index (χ4n) is 2.51. The number of primary amides is 1. The van der Waals surface area contributed by atoms with Gasteiger partial charge in [-0.15, -0.1) is 11.3 Å². The topological polar surface area (TPSA) is 72.2 Å². The van der Waals surface area contributed by atoms with Gasteiger partial charge in [0, 0.05) is 15.8 Å². The molecule has 130 valence electrons. The summed E-state index contributed by atoms with van der Waals surface area (Å²) in [6.45, 7) is 0. The minimum absolute atomic E-state index is 0.368. The van der Waals surface area contributed by atoms with Crippen molar-refractivity contribution < 1.29 is 9.59 Å². The van der Waals surface area contributed by atoms with Crippen molar-refractivity contribution in [1.29, 1.82) is 0 Å². The zero-order valence-electron chi connectivity index (χ0n) is 14.0. The number of nitrogens with one attached hydrogen (secondary N) is 1. The van der Waals surface area contributed by atoms with Gasteiger partial charge in [-0.1, -0.05) is 60.7 Å². The van der Waals surface area contributed by atoms with Crippen LogP contribution < -0.4 is 11.1 Å². The van der Waals surface area contributed by atoms with Crippen molar-refractivity contribution in [3.8, 4) is 10.4 Å². The molecule has 1 heterocycles. The summed E-state index contributed by atoms with van der Waals surface area (Å²) in [4.78, 5) is 25.9. The number of hydrogen-bond acceptors (Lipinski definition) is 3. The van der Waals surface area contributed by atoms with Crippen molar-refractivity contribution in [2.24, 2.45) is 5.73 Å². The zero-order valence-corrected chi connectivity index (χ0v) is 14.8. The number of carbonyl (C=O) groups excluding carboxylic acids is 2. The Morgan fingerprint density at radius 3 is 2.23 bits per heavy atom. The molecule has 3 aromatic rings. The Labute approximate surface area is 156 Å². The van der Waals surface area contributed by atoms with Crippen LogP contribution in [0.25, 0.3) is 16.5 Å². The Bertz CT molecular complexity index is 917. The second kappa shape index (κ2) is 8.27. The zero-order chi connectivity index (χ0) is 18.4. The highest BCUT2D eigenvalue weighted by Crippen LogP contribution is 2.28. The van der Waals surface area contributed by atoms with Crippen LogP contribution in [-0.4, -0.2) is 11.8 Å². The lowest BCUT2D eigenvalue weighted by Gasteiger charge is -2.14. The Kier molecular flexibility index (Phi) is 5.61. The maximum atomic E-state index is 12.2. The van der Waals surface area contributed by atoms with Crippen LogP contribution in [0.3, 0.4) is 0 Å². The van der Waals surface area contributed by atoms with Gasteiger partial charge in [-0.25, -0.2) is 0 Å². The highest BCUT2D eigenvalue weighted by molar-refractivity contribution is 7.16. The van der Waals surface area contributed by atoms with Crippen LogP contribution in [0.2, 0.25) is 0 Å². The molecule has 4 nitrogen and oxygen atoms in total. The summed E-state index contributed by atoms with van der Waals surface area (Å²) in [7, 11) is 0. The van der Waals surface area contributed by atoms with Gasteiger partial charge in [0.05, 0.1) is 0 Å². The first-order valence-corrected chi connectivity index (χ1v) is 8.93. The van der Waals surface area contributed by atoms with Crippen molar-refractivity contribution in [3.05, 3.63) is 89.3 Å². The first-order valence-electron chi connectivity index (χ1n) is 8.11. The third kappa shape index (κ3) is 4.46. The predicted molar refractivity (Wildman–Crippen MR) is 105 cm³/mol. The molecule has 0 saturated carbocycles. The maximum absolute atomic E-state index is 12.2. The van der Waals surface area contributed by atoms with E-state index in [2.05, 4.69) is 5.32 Å². The fourth-order valence-corrected chi connectivity index (χ4v) is 3.43. The van der Waals surface area contributed by atoms with Crippen LogP contribution in [0.15, 0.2) is 78.9 Å². The molecule has 2 amide bonds. The largest absolute Gasteiger partial charge is 0.368 e. The van der Waals surface area contributed by atoms with Crippen LogP contribution in [0, 0.1) is 0 Å². The summed E-state index contributed by atoms with van der Waals surface area (Å²) in [6.07, 6.45) is 3.15. The summed E-state index contributed by atoms with van der Waals surface area (Å²) in [5.74, 6) is -0.965. The van der Waals surface area contributed by atoms with Gasteiger partial charge in [0.25, 0.3) is 0 Å². The van der Waals surface area contributed by atoms with E-state index in [1.807, 2.05) is 48.5 Å². The number of hydrogen-bond donors (Lipinski definition) is 2. The predicted octanol–water partition coefficient (Wildman–Crippen LogP) is 3.77. The normalized spacial score (nSPS) is 12.0. The lowest BCUT2D eigenvalue weighted by atomic mass is 10.1. The van der Waals surface area contributed by atoms with Gasteiger partial charge in [0.15, 0.2) is 0 Å². The van der Waals surface area contributed by atoms with Gasteiger partial charge >= 0.3 is 0 Å². The van der Waals surface area contributed by atoms with Gasteiger partial charge in [-0.2, -0.15) is 0 Å². The van der Waals surface area contributed by atoms with Gasteiger partial charge in [0.1, 0.15) is 6.04 Å². The molecule has 0 aliphatic rings. The summed E-state index contributed by atoms with van der Waals surface area (Å²) in [6, 6.07) is 22.1. The highest BCUT2D eigenvalue weighted by Gasteiger charge is 2.18. The highest BCUT2D eigenvalue weighted by atomic mass is 32.1. The summed E-state index contributed by atoms with van der Waals surface area (Å²) >= 11 is 1.59. The molecule has 3 rings (SSSR count). The van der Waals surface area contributed by atoms with E-state index in [9.17, 15) is 9.59 Å². The van der Waals surface area contributed by atoms with Crippen LogP contribution >= 0.6 is 11.3 Å². The van der Waals surface area contributed by atoms with E-state index in [1.54, 1.807) is 41.7 Å². The van der Waals surface area contributed by atoms with E-state index in [0.717, 1.165) is 15.3 Å². The number of amides is 2. The van der Waals surface area contributed by atoms with Gasteiger partial charge in [-0.05, 0) is 29.3 Å². The molecule has 2 aromatic carbocycles. The molecule has 0 aliphatic heterocycles. The van der Waals surface area contributed by atoms with Gasteiger partial charge in [-0.3, -0.25) is 9.59 Å². The number of carbonyl (C=O) groups is 2. The molecule has 3 N–H and O–H groups in total. The molecule has 0 bridgehead atoms. The van der Waals surface area contributed by atoms with Crippen molar-refractivity contribution in [3.63, 3.8) is 0 Å². The molecule has 0 spiro atoms. The number of nitrogens with two attached hydrogens (primary N) is 1. The van der Waals surface area contributed by atoms with Crippen LogP contribution in [0.5, 0.6) is 0 Å². The average Bonchev–Trinajstić information content (AvgIpc) is 3.15. The Balaban J connectivity index is 1.68. The number of benzene rings is 2. The van der Waals surface area contributed by atoms with E-state index >= 15 is 0 Å². The molecule has 0 fully saturated rings. The number of thiophene rings is 1. The van der Waals surface area contributed by atoms with Crippen LogP contribution in [0.1, 0.15) is 16.5 Å². The molecular weight excluding hydrogens is 344 g/mol. The molecule has 0 radical (unpaired) electrons. The molecule has 26 heavy (non-hydrogen) atoms. The van der Waals surface area contributed by atoms with Crippen molar-refractivity contribution in [2.75, 3.05) is 0 Å². The van der Waals surface area contributed by atoms with Crippen molar-refractivity contribution >= 4 is 29.2 Å². The second-order valence-electron chi connectivity index (χ2n) is 5.66. The average molecular weight is 362 g/mol. The van der Waals surface area contributed by atoms with E-state index in [-0.39, 0.29) is 5.91 Å². The van der Waals surface area contributed by atoms with Gasteiger partial charge < -0.3 is 11.1 Å². The van der Waals surface area contributed by atoms with E-state index < -0.39 is 11.9 Å². The molecule has 1 unspecified atom stereocenters. The van der Waals surface area contributed by atoms with Gasteiger partial charge in [0.2, 0.25) is 11.8 Å². The standard InChI is InChI=1S/C21H18N2O2S/c22-21(25)20(16-9-5-2-6-10-16)23-19(24)14-12-17-11-13-18(26-17)15-7-3-1-4-8-15/h1-14,20H,(H2,22,25)(H,23,24). The lowest BCUT2D eigenvalue weighted by molar-refractivity contribution is -0.125. The lowest BCUT2D eigenvalue weighted by Crippen LogP contribution is -2.36. The minimum atomic E-state index is -0.850. The first kappa shape index (κ1) is 17.6. The monoisotopic (exact) mass is 362 g/mol. The molecule has 0 saturated heterocycles. The van der Waals surface area contributed by atoms with E-state index in [4.69, 9.17) is 5.73 Å². The Morgan fingerprint density at radius 2 is 1.58 bits per heavy atom. The SMILES string of the molecule is NC(=O)C(NC(=O)C=Cc1ccc(-c2ccccc2)s1)c1ccccc1. The third-order valence-corrected chi connectivity index (χ3v) is 4.89. The van der Waals surface area contributed by atoms with Crippen molar-refractivity contribution in [1.82, 2.24) is 5.32 Å². The second-order valence-corrected chi connectivity index (χ2v) is 6.77. The smallest absolute Gasteiger partial charge is 0.244 e. The summed E-state index contributed by atoms with van der Waals surface area (Å²) in [5.41, 5.74) is 7.21.